The largest absolute Gasteiger partial charge is 0.357 e. The first-order valence-electron chi connectivity index (χ1n) is 7.42. The highest BCUT2D eigenvalue weighted by molar-refractivity contribution is 14.0. The van der Waals surface area contributed by atoms with E-state index in [1.165, 1.54) is 5.56 Å². The normalized spacial score (nSPS) is 10.7. The highest BCUT2D eigenvalue weighted by atomic mass is 127. The van der Waals surface area contributed by atoms with Gasteiger partial charge < -0.3 is 10.2 Å². The lowest BCUT2D eigenvalue weighted by Crippen LogP contribution is -2.39. The Bertz CT molecular complexity index is 404. The van der Waals surface area contributed by atoms with Gasteiger partial charge in [0.15, 0.2) is 5.96 Å². The predicted octanol–water partition coefficient (Wildman–Crippen LogP) is 3.71. The van der Waals surface area contributed by atoms with Crippen molar-refractivity contribution in [2.45, 2.75) is 26.2 Å². The molecule has 118 valence electrons. The molecular formula is C17H28IN3. The van der Waals surface area contributed by atoms with E-state index in [0.29, 0.717) is 0 Å². The van der Waals surface area contributed by atoms with Crippen molar-refractivity contribution in [2.24, 2.45) is 4.99 Å². The molecule has 0 fully saturated rings. The highest BCUT2D eigenvalue weighted by Crippen LogP contribution is 2.00. The first-order valence-corrected chi connectivity index (χ1v) is 7.42. The Morgan fingerprint density at radius 2 is 2.05 bits per heavy atom. The summed E-state index contributed by atoms with van der Waals surface area (Å²) < 4.78 is 0. The van der Waals surface area contributed by atoms with Gasteiger partial charge in [0.1, 0.15) is 0 Å². The highest BCUT2D eigenvalue weighted by Gasteiger charge is 2.04. The molecule has 1 aromatic rings. The van der Waals surface area contributed by atoms with Crippen LogP contribution in [0.5, 0.6) is 0 Å². The standard InChI is InChI=1S/C17H27N3.HI/c1-4-6-10-15-20(3)17(18-5-2)19-14-13-16-11-8-7-9-12-16;/h4,7-9,11-12H,1,5-6,10,13-15H2,2-3H3,(H,18,19);1H. The molecule has 0 bridgehead atoms. The second-order valence-electron chi connectivity index (χ2n) is 4.82. The second kappa shape index (κ2) is 12.7. The molecule has 0 aliphatic carbocycles. The lowest BCUT2D eigenvalue weighted by Gasteiger charge is -2.21. The van der Waals surface area contributed by atoms with Crippen LogP contribution in [0.3, 0.4) is 0 Å². The Morgan fingerprint density at radius 1 is 1.33 bits per heavy atom. The van der Waals surface area contributed by atoms with Crippen LogP contribution in [-0.2, 0) is 6.42 Å². The predicted molar refractivity (Wildman–Crippen MR) is 104 cm³/mol. The number of allylic oxidation sites excluding steroid dienone is 1. The third kappa shape index (κ3) is 8.75. The first kappa shape index (κ1) is 20.0. The zero-order valence-corrected chi connectivity index (χ0v) is 15.5. The molecule has 0 radical (unpaired) electrons. The minimum Gasteiger partial charge on any atom is -0.357 e. The number of hydrogen-bond acceptors (Lipinski definition) is 1. The number of aliphatic imine (C=N–C) groups is 1. The molecule has 21 heavy (non-hydrogen) atoms. The molecule has 0 saturated heterocycles. The maximum atomic E-state index is 4.69. The van der Waals surface area contributed by atoms with Crippen LogP contribution in [0.2, 0.25) is 0 Å². The smallest absolute Gasteiger partial charge is 0.193 e. The number of halogens is 1. The van der Waals surface area contributed by atoms with Gasteiger partial charge in [-0.25, -0.2) is 0 Å². The van der Waals surface area contributed by atoms with Gasteiger partial charge in [0.05, 0.1) is 0 Å². The molecule has 0 atom stereocenters. The molecule has 0 aliphatic heterocycles. The van der Waals surface area contributed by atoms with E-state index in [0.717, 1.165) is 44.9 Å². The zero-order valence-electron chi connectivity index (χ0n) is 13.2. The minimum atomic E-state index is 0. The second-order valence-corrected chi connectivity index (χ2v) is 4.82. The van der Waals surface area contributed by atoms with Gasteiger partial charge in [-0.3, -0.25) is 4.99 Å². The Balaban J connectivity index is 0.00000400. The van der Waals surface area contributed by atoms with Crippen molar-refractivity contribution in [3.8, 4) is 0 Å². The van der Waals surface area contributed by atoms with Crippen molar-refractivity contribution in [3.63, 3.8) is 0 Å². The van der Waals surface area contributed by atoms with Crippen LogP contribution in [0.4, 0.5) is 0 Å². The molecule has 1 N–H and O–H groups in total. The van der Waals surface area contributed by atoms with Crippen LogP contribution in [-0.4, -0.2) is 37.5 Å². The van der Waals surface area contributed by atoms with Crippen LogP contribution in [0.1, 0.15) is 25.3 Å². The number of hydrogen-bond donors (Lipinski definition) is 1. The maximum absolute atomic E-state index is 4.69. The van der Waals surface area contributed by atoms with Crippen LogP contribution in [0, 0.1) is 0 Å². The molecular weight excluding hydrogens is 373 g/mol. The van der Waals surface area contributed by atoms with Crippen molar-refractivity contribution in [1.29, 1.82) is 0 Å². The van der Waals surface area contributed by atoms with Gasteiger partial charge in [0, 0.05) is 26.7 Å². The van der Waals surface area contributed by atoms with E-state index in [2.05, 4.69) is 55.0 Å². The third-order valence-electron chi connectivity index (χ3n) is 3.10. The van der Waals surface area contributed by atoms with Crippen LogP contribution in [0.25, 0.3) is 0 Å². The summed E-state index contributed by atoms with van der Waals surface area (Å²) in [4.78, 5) is 6.89. The van der Waals surface area contributed by atoms with E-state index >= 15 is 0 Å². The van der Waals surface area contributed by atoms with E-state index in [-0.39, 0.29) is 24.0 Å². The summed E-state index contributed by atoms with van der Waals surface area (Å²) in [5.41, 5.74) is 1.33. The van der Waals surface area contributed by atoms with E-state index < -0.39 is 0 Å². The number of unbranched alkanes of at least 4 members (excludes halogenated alkanes) is 1. The topological polar surface area (TPSA) is 27.6 Å². The Labute approximate surface area is 146 Å². The lowest BCUT2D eigenvalue weighted by molar-refractivity contribution is 0.470. The SMILES string of the molecule is C=CCCCN(C)C(=NCCc1ccccc1)NCC.I. The van der Waals surface area contributed by atoms with Gasteiger partial charge in [-0.15, -0.1) is 30.6 Å². The van der Waals surface area contributed by atoms with E-state index in [4.69, 9.17) is 4.99 Å². The number of benzene rings is 1. The summed E-state index contributed by atoms with van der Waals surface area (Å²) in [7, 11) is 2.09. The third-order valence-corrected chi connectivity index (χ3v) is 3.10. The minimum absolute atomic E-state index is 0. The number of nitrogens with one attached hydrogen (secondary N) is 1. The lowest BCUT2D eigenvalue weighted by atomic mass is 10.2. The summed E-state index contributed by atoms with van der Waals surface area (Å²) in [5, 5.41) is 3.35. The first-order chi connectivity index (χ1) is 9.77. The van der Waals surface area contributed by atoms with Crippen molar-refractivity contribution < 1.29 is 0 Å². The molecule has 4 heteroatoms. The Hall–Kier alpha value is -1.04. The quantitative estimate of drug-likeness (QED) is 0.237. The van der Waals surface area contributed by atoms with E-state index in [1.54, 1.807) is 0 Å². The summed E-state index contributed by atoms with van der Waals surface area (Å²) in [6.45, 7) is 8.58. The van der Waals surface area contributed by atoms with Crippen LogP contribution < -0.4 is 5.32 Å². The number of rotatable bonds is 8. The summed E-state index contributed by atoms with van der Waals surface area (Å²) in [6, 6.07) is 10.5. The number of nitrogens with zero attached hydrogens (tertiary/aromatic N) is 2. The number of guanidine groups is 1. The van der Waals surface area contributed by atoms with Crippen molar-refractivity contribution in [1.82, 2.24) is 10.2 Å². The summed E-state index contributed by atoms with van der Waals surface area (Å²) in [5.74, 6) is 0.993. The summed E-state index contributed by atoms with van der Waals surface area (Å²) in [6.07, 6.45) is 5.11. The monoisotopic (exact) mass is 401 g/mol. The van der Waals surface area contributed by atoms with Crippen molar-refractivity contribution >= 4 is 29.9 Å². The fraction of sp³-hybridized carbons (Fsp3) is 0.471. The molecule has 0 amide bonds. The fourth-order valence-electron chi connectivity index (χ4n) is 1.98. The van der Waals surface area contributed by atoms with E-state index in [1.807, 2.05) is 12.1 Å². The molecule has 0 heterocycles. The summed E-state index contributed by atoms with van der Waals surface area (Å²) >= 11 is 0. The van der Waals surface area contributed by atoms with Gasteiger partial charge in [-0.1, -0.05) is 36.4 Å². The molecule has 0 aromatic heterocycles. The molecule has 0 saturated carbocycles. The Morgan fingerprint density at radius 3 is 2.67 bits per heavy atom. The van der Waals surface area contributed by atoms with Crippen molar-refractivity contribution in [2.75, 3.05) is 26.7 Å². The average Bonchev–Trinajstić information content (AvgIpc) is 2.47. The van der Waals surface area contributed by atoms with Gasteiger partial charge in [-0.2, -0.15) is 0 Å². The zero-order chi connectivity index (χ0) is 14.6. The van der Waals surface area contributed by atoms with Crippen LogP contribution in [0.15, 0.2) is 48.0 Å². The van der Waals surface area contributed by atoms with E-state index in [9.17, 15) is 0 Å². The molecule has 0 unspecified atom stereocenters. The van der Waals surface area contributed by atoms with Crippen molar-refractivity contribution in [3.05, 3.63) is 48.6 Å². The molecule has 1 rings (SSSR count). The van der Waals surface area contributed by atoms with Gasteiger partial charge in [-0.05, 0) is 31.7 Å². The van der Waals surface area contributed by atoms with Gasteiger partial charge in [0.2, 0.25) is 0 Å². The van der Waals surface area contributed by atoms with Crippen LogP contribution >= 0.6 is 24.0 Å². The molecule has 1 aromatic carbocycles. The average molecular weight is 401 g/mol. The van der Waals surface area contributed by atoms with Gasteiger partial charge in [0.25, 0.3) is 0 Å². The van der Waals surface area contributed by atoms with Gasteiger partial charge >= 0.3 is 0 Å². The molecule has 3 nitrogen and oxygen atoms in total. The Kier molecular flexibility index (Phi) is 12.1. The fourth-order valence-corrected chi connectivity index (χ4v) is 1.98. The molecule has 0 spiro atoms. The maximum Gasteiger partial charge on any atom is 0.193 e. The molecule has 0 aliphatic rings.